The van der Waals surface area contributed by atoms with Crippen LogP contribution in [-0.2, 0) is 14.8 Å². The summed E-state index contributed by atoms with van der Waals surface area (Å²) in [6.07, 6.45) is 0. The molecule has 1 aliphatic rings. The summed E-state index contributed by atoms with van der Waals surface area (Å²) in [5.41, 5.74) is 2.09. The highest BCUT2D eigenvalue weighted by atomic mass is 32.2. The Morgan fingerprint density at radius 3 is 2.19 bits per heavy atom. The summed E-state index contributed by atoms with van der Waals surface area (Å²) < 4.78 is 34.3. The van der Waals surface area contributed by atoms with Crippen molar-refractivity contribution in [2.45, 2.75) is 30.7 Å². The van der Waals surface area contributed by atoms with Crippen LogP contribution in [0.15, 0.2) is 59.5 Å². The van der Waals surface area contributed by atoms with E-state index in [-0.39, 0.29) is 6.04 Å². The third-order valence-electron chi connectivity index (χ3n) is 4.90. The molecule has 1 saturated heterocycles. The maximum atomic E-state index is 13.0. The average Bonchev–Trinajstić information content (AvgIpc) is 2.69. The van der Waals surface area contributed by atoms with Crippen LogP contribution >= 0.6 is 0 Å². The fourth-order valence-corrected chi connectivity index (χ4v) is 4.44. The third-order valence-corrected chi connectivity index (χ3v) is 6.39. The molecule has 0 saturated carbocycles. The van der Waals surface area contributed by atoms with Gasteiger partial charge in [0.2, 0.25) is 10.0 Å². The molecule has 0 aromatic heterocycles. The van der Waals surface area contributed by atoms with Crippen molar-refractivity contribution in [3.05, 3.63) is 65.7 Å². The molecule has 6 heteroatoms. The Kier molecular flexibility index (Phi) is 6.65. The van der Waals surface area contributed by atoms with E-state index in [4.69, 9.17) is 4.74 Å². The van der Waals surface area contributed by atoms with Gasteiger partial charge in [0.1, 0.15) is 0 Å². The predicted molar refractivity (Wildman–Crippen MR) is 107 cm³/mol. The van der Waals surface area contributed by atoms with E-state index in [0.717, 1.165) is 24.2 Å². The van der Waals surface area contributed by atoms with Gasteiger partial charge in [-0.05, 0) is 29.2 Å². The van der Waals surface area contributed by atoms with Crippen molar-refractivity contribution >= 4 is 10.0 Å². The predicted octanol–water partition coefficient (Wildman–Crippen LogP) is 3.16. The molecular weight excluding hydrogens is 360 g/mol. The topological polar surface area (TPSA) is 58.6 Å². The minimum absolute atomic E-state index is 0.301. The fourth-order valence-electron chi connectivity index (χ4n) is 3.23. The lowest BCUT2D eigenvalue weighted by Crippen LogP contribution is -2.43. The van der Waals surface area contributed by atoms with Crippen molar-refractivity contribution in [1.29, 1.82) is 0 Å². The molecule has 1 atom stereocenters. The number of nitrogens with one attached hydrogen (secondary N) is 1. The smallest absolute Gasteiger partial charge is 0.241 e. The SMILES string of the molecule is CC(C)c1ccc(S(=O)(=O)NC(CN2CCOCC2)c2ccccc2)cc1. The molecule has 1 heterocycles. The van der Waals surface area contributed by atoms with Gasteiger partial charge in [0.05, 0.1) is 24.2 Å². The van der Waals surface area contributed by atoms with Gasteiger partial charge < -0.3 is 4.74 Å². The van der Waals surface area contributed by atoms with Gasteiger partial charge in [0, 0.05) is 19.6 Å². The fraction of sp³-hybridized carbons (Fsp3) is 0.429. The summed E-state index contributed by atoms with van der Waals surface area (Å²) in [6.45, 7) is 7.81. The Morgan fingerprint density at radius 1 is 0.963 bits per heavy atom. The normalized spacial score (nSPS) is 17.1. The summed E-state index contributed by atoms with van der Waals surface area (Å²) in [4.78, 5) is 2.54. The summed E-state index contributed by atoms with van der Waals surface area (Å²) in [5, 5.41) is 0. The van der Waals surface area contributed by atoms with Crippen LogP contribution in [0.4, 0.5) is 0 Å². The Balaban J connectivity index is 1.81. The minimum atomic E-state index is -3.61. The van der Waals surface area contributed by atoms with Crippen LogP contribution in [0.3, 0.4) is 0 Å². The lowest BCUT2D eigenvalue weighted by Gasteiger charge is -2.31. The van der Waals surface area contributed by atoms with Gasteiger partial charge in [-0.25, -0.2) is 13.1 Å². The summed E-state index contributed by atoms with van der Waals surface area (Å²) in [7, 11) is -3.61. The van der Waals surface area contributed by atoms with Gasteiger partial charge in [0.15, 0.2) is 0 Å². The molecule has 0 aliphatic carbocycles. The number of hydrogen-bond acceptors (Lipinski definition) is 4. The first-order chi connectivity index (χ1) is 13.0. The number of morpholine rings is 1. The van der Waals surface area contributed by atoms with Gasteiger partial charge in [0.25, 0.3) is 0 Å². The van der Waals surface area contributed by atoms with Crippen LogP contribution in [0, 0.1) is 0 Å². The second-order valence-electron chi connectivity index (χ2n) is 7.22. The molecule has 1 fully saturated rings. The monoisotopic (exact) mass is 388 g/mol. The molecule has 1 unspecified atom stereocenters. The van der Waals surface area contributed by atoms with E-state index in [1.165, 1.54) is 0 Å². The Labute approximate surface area is 162 Å². The number of hydrogen-bond donors (Lipinski definition) is 1. The van der Waals surface area contributed by atoms with Crippen LogP contribution in [0.2, 0.25) is 0 Å². The molecule has 0 radical (unpaired) electrons. The van der Waals surface area contributed by atoms with Crippen molar-refractivity contribution in [2.24, 2.45) is 0 Å². The van der Waals surface area contributed by atoms with Crippen LogP contribution in [0.25, 0.3) is 0 Å². The summed E-state index contributed by atoms with van der Waals surface area (Å²) in [5.74, 6) is 0.369. The number of ether oxygens (including phenoxy) is 1. The molecule has 0 bridgehead atoms. The number of rotatable bonds is 7. The van der Waals surface area contributed by atoms with Crippen molar-refractivity contribution in [3.63, 3.8) is 0 Å². The van der Waals surface area contributed by atoms with Crippen molar-refractivity contribution in [3.8, 4) is 0 Å². The van der Waals surface area contributed by atoms with Crippen molar-refractivity contribution < 1.29 is 13.2 Å². The zero-order chi connectivity index (χ0) is 19.3. The molecule has 0 amide bonds. The maximum absolute atomic E-state index is 13.0. The van der Waals surface area contributed by atoms with Crippen molar-refractivity contribution in [2.75, 3.05) is 32.8 Å². The lowest BCUT2D eigenvalue weighted by molar-refractivity contribution is 0.0345. The standard InChI is InChI=1S/C21H28N2O3S/c1-17(2)18-8-10-20(11-9-18)27(24,25)22-21(19-6-4-3-5-7-19)16-23-12-14-26-15-13-23/h3-11,17,21-22H,12-16H2,1-2H3. The van der Waals surface area contributed by atoms with Gasteiger partial charge in [-0.2, -0.15) is 0 Å². The molecular formula is C21H28N2O3S. The van der Waals surface area contributed by atoms with E-state index in [9.17, 15) is 8.42 Å². The quantitative estimate of drug-likeness (QED) is 0.792. The molecule has 27 heavy (non-hydrogen) atoms. The van der Waals surface area contributed by atoms with Crippen LogP contribution in [0.5, 0.6) is 0 Å². The van der Waals surface area contributed by atoms with Crippen LogP contribution < -0.4 is 4.72 Å². The van der Waals surface area contributed by atoms with Gasteiger partial charge in [-0.3, -0.25) is 4.90 Å². The first-order valence-corrected chi connectivity index (χ1v) is 10.9. The zero-order valence-corrected chi connectivity index (χ0v) is 16.8. The van der Waals surface area contributed by atoms with Gasteiger partial charge >= 0.3 is 0 Å². The lowest BCUT2D eigenvalue weighted by atomic mass is 10.0. The van der Waals surface area contributed by atoms with E-state index in [2.05, 4.69) is 23.5 Å². The number of sulfonamides is 1. The molecule has 1 N–H and O–H groups in total. The Bertz CT molecular complexity index is 814. The van der Waals surface area contributed by atoms with Crippen molar-refractivity contribution in [1.82, 2.24) is 9.62 Å². The largest absolute Gasteiger partial charge is 0.379 e. The van der Waals surface area contributed by atoms with E-state index >= 15 is 0 Å². The Hall–Kier alpha value is -1.73. The Morgan fingerprint density at radius 2 is 1.59 bits per heavy atom. The van der Waals surface area contributed by atoms with E-state index < -0.39 is 10.0 Å². The molecule has 5 nitrogen and oxygen atoms in total. The summed E-state index contributed by atoms with van der Waals surface area (Å²) in [6, 6.07) is 16.6. The highest BCUT2D eigenvalue weighted by molar-refractivity contribution is 7.89. The molecule has 2 aromatic rings. The molecule has 1 aliphatic heterocycles. The molecule has 3 rings (SSSR count). The molecule has 0 spiro atoms. The first kappa shape index (κ1) is 20.0. The van der Waals surface area contributed by atoms with Crippen LogP contribution in [-0.4, -0.2) is 46.2 Å². The second-order valence-corrected chi connectivity index (χ2v) is 8.94. The van der Waals surface area contributed by atoms with E-state index in [0.29, 0.717) is 30.6 Å². The maximum Gasteiger partial charge on any atom is 0.241 e. The number of nitrogens with zero attached hydrogens (tertiary/aromatic N) is 1. The minimum Gasteiger partial charge on any atom is -0.379 e. The third kappa shape index (κ3) is 5.39. The van der Waals surface area contributed by atoms with Gasteiger partial charge in [-0.15, -0.1) is 0 Å². The van der Waals surface area contributed by atoms with E-state index in [1.807, 2.05) is 42.5 Å². The average molecular weight is 389 g/mol. The van der Waals surface area contributed by atoms with Crippen LogP contribution in [0.1, 0.15) is 36.9 Å². The van der Waals surface area contributed by atoms with E-state index in [1.54, 1.807) is 12.1 Å². The molecule has 146 valence electrons. The highest BCUT2D eigenvalue weighted by Gasteiger charge is 2.24. The zero-order valence-electron chi connectivity index (χ0n) is 16.0. The number of benzene rings is 2. The highest BCUT2D eigenvalue weighted by Crippen LogP contribution is 2.21. The van der Waals surface area contributed by atoms with Gasteiger partial charge in [-0.1, -0.05) is 56.3 Å². The second kappa shape index (κ2) is 8.97. The summed E-state index contributed by atoms with van der Waals surface area (Å²) >= 11 is 0. The first-order valence-electron chi connectivity index (χ1n) is 9.43. The molecule has 2 aromatic carbocycles.